The van der Waals surface area contributed by atoms with E-state index in [1.165, 1.54) is 16.4 Å². The van der Waals surface area contributed by atoms with E-state index in [2.05, 4.69) is 19.5 Å². The Hall–Kier alpha value is -3.65. The first-order valence-electron chi connectivity index (χ1n) is 11.1. The van der Waals surface area contributed by atoms with Crippen molar-refractivity contribution < 1.29 is 33.5 Å². The minimum absolute atomic E-state index is 0.00274. The van der Waals surface area contributed by atoms with Crippen molar-refractivity contribution in [3.63, 3.8) is 0 Å². The van der Waals surface area contributed by atoms with Gasteiger partial charge in [0, 0.05) is 13.3 Å². The fourth-order valence-electron chi connectivity index (χ4n) is 4.36. The summed E-state index contributed by atoms with van der Waals surface area (Å²) in [6.07, 6.45) is -3.41. The lowest BCUT2D eigenvalue weighted by molar-refractivity contribution is -0.116. The molecule has 0 radical (unpaired) electrons. The number of nitrogens with two attached hydrogens (primary N) is 1. The molecular weight excluding hydrogens is 507 g/mol. The second kappa shape index (κ2) is 9.34. The zero-order valence-electron chi connectivity index (χ0n) is 19.4. The van der Waals surface area contributed by atoms with Crippen molar-refractivity contribution >= 4 is 53.3 Å². The molecule has 1 saturated heterocycles. The Morgan fingerprint density at radius 1 is 1.27 bits per heavy atom. The van der Waals surface area contributed by atoms with E-state index >= 15 is 0 Å². The predicted octanol–water partition coefficient (Wildman–Crippen LogP) is 1.30. The molecule has 0 bridgehead atoms. The highest BCUT2D eigenvalue weighted by Gasteiger charge is 2.40. The average Bonchev–Trinajstić information content (AvgIpc) is 3.37. The van der Waals surface area contributed by atoms with Gasteiger partial charge in [-0.3, -0.25) is 28.6 Å². The SMILES string of the molecule is CC(=O)N(c1ccc2ccccc2c1)c1nc2c(=O)[nH]c(N)nc2n1[C@H]1C[C@H](O)[C@@H](COP(=O)(O)O)O1. The number of hydrogen-bond acceptors (Lipinski definition) is 9. The van der Waals surface area contributed by atoms with E-state index in [0.717, 1.165) is 10.8 Å². The van der Waals surface area contributed by atoms with E-state index in [9.17, 15) is 19.3 Å². The van der Waals surface area contributed by atoms with Crippen LogP contribution in [0.15, 0.2) is 47.3 Å². The standard InChI is InChI=1S/C22H23N6O8P/c1-11(29)27(14-7-6-12-4-2-3-5-13(12)8-14)22-24-18-19(25-21(23)26-20(18)31)28(22)17-9-15(30)16(36-17)10-35-37(32,33)34/h2-8,15-17,30H,9-10H2,1H3,(H2,32,33,34)(H3,23,25,26,31)/t15-,16+,17+/m0/s1. The molecule has 5 rings (SSSR count). The summed E-state index contributed by atoms with van der Waals surface area (Å²) in [5.74, 6) is -0.656. The number of aliphatic hydroxyl groups is 1. The van der Waals surface area contributed by atoms with Crippen LogP contribution in [-0.4, -0.2) is 59.1 Å². The molecule has 15 heteroatoms. The van der Waals surface area contributed by atoms with E-state index in [1.807, 2.05) is 30.3 Å². The van der Waals surface area contributed by atoms with E-state index in [1.54, 1.807) is 12.1 Å². The van der Waals surface area contributed by atoms with Gasteiger partial charge >= 0.3 is 7.82 Å². The molecule has 1 aliphatic heterocycles. The number of nitrogen functional groups attached to an aromatic ring is 1. The number of fused-ring (bicyclic) bond motifs is 2. The molecule has 0 unspecified atom stereocenters. The Kier molecular flexibility index (Phi) is 6.31. The summed E-state index contributed by atoms with van der Waals surface area (Å²) in [7, 11) is -4.81. The number of carbonyl (C=O) groups excluding carboxylic acids is 1. The van der Waals surface area contributed by atoms with E-state index < -0.39 is 44.3 Å². The fraction of sp³-hybridized carbons (Fsp3) is 0.273. The monoisotopic (exact) mass is 530 g/mol. The highest BCUT2D eigenvalue weighted by Crippen LogP contribution is 2.40. The second-order valence-corrected chi connectivity index (χ2v) is 9.75. The highest BCUT2D eigenvalue weighted by molar-refractivity contribution is 7.46. The molecule has 2 aromatic carbocycles. The zero-order chi connectivity index (χ0) is 26.5. The third-order valence-electron chi connectivity index (χ3n) is 5.96. The molecule has 14 nitrogen and oxygen atoms in total. The van der Waals surface area contributed by atoms with Crippen LogP contribution in [0.2, 0.25) is 0 Å². The average molecular weight is 530 g/mol. The maximum absolute atomic E-state index is 13.0. The summed E-state index contributed by atoms with van der Waals surface area (Å²) in [6.45, 7) is 0.729. The third kappa shape index (κ3) is 4.85. The minimum atomic E-state index is -4.81. The summed E-state index contributed by atoms with van der Waals surface area (Å²) in [6, 6.07) is 12.9. The molecular formula is C22H23N6O8P. The second-order valence-electron chi connectivity index (χ2n) is 8.51. The molecule has 0 aliphatic carbocycles. The molecule has 37 heavy (non-hydrogen) atoms. The van der Waals surface area contributed by atoms with Gasteiger partial charge in [-0.15, -0.1) is 0 Å². The van der Waals surface area contributed by atoms with Gasteiger partial charge in [-0.1, -0.05) is 30.3 Å². The highest BCUT2D eigenvalue weighted by atomic mass is 31.2. The number of imidazole rings is 1. The van der Waals surface area contributed by atoms with Gasteiger partial charge in [-0.25, -0.2) is 9.55 Å². The number of phosphoric ester groups is 1. The van der Waals surface area contributed by atoms with Gasteiger partial charge in [-0.2, -0.15) is 4.98 Å². The fourth-order valence-corrected chi connectivity index (χ4v) is 4.70. The van der Waals surface area contributed by atoms with E-state index in [0.29, 0.717) is 5.69 Å². The van der Waals surface area contributed by atoms with Crippen molar-refractivity contribution in [2.24, 2.45) is 0 Å². The number of aliphatic hydroxyl groups excluding tert-OH is 1. The summed E-state index contributed by atoms with van der Waals surface area (Å²) < 4.78 is 22.9. The van der Waals surface area contributed by atoms with Crippen molar-refractivity contribution in [1.82, 2.24) is 19.5 Å². The first kappa shape index (κ1) is 25.0. The Balaban J connectivity index is 1.65. The lowest BCUT2D eigenvalue weighted by atomic mass is 10.1. The predicted molar refractivity (Wildman–Crippen MR) is 132 cm³/mol. The Morgan fingerprint density at radius 3 is 2.70 bits per heavy atom. The van der Waals surface area contributed by atoms with Crippen LogP contribution in [0.25, 0.3) is 21.9 Å². The maximum atomic E-state index is 13.0. The van der Waals surface area contributed by atoms with Crippen LogP contribution in [-0.2, 0) is 18.6 Å². The summed E-state index contributed by atoms with van der Waals surface area (Å²) in [5.41, 5.74) is 5.45. The van der Waals surface area contributed by atoms with Gasteiger partial charge < -0.3 is 25.4 Å². The van der Waals surface area contributed by atoms with Crippen LogP contribution in [0.3, 0.4) is 0 Å². The summed E-state index contributed by atoms with van der Waals surface area (Å²) in [5, 5.41) is 12.3. The number of benzene rings is 2. The van der Waals surface area contributed by atoms with Gasteiger partial charge in [0.25, 0.3) is 5.56 Å². The molecule has 2 aromatic heterocycles. The molecule has 1 aliphatic rings. The molecule has 0 saturated carbocycles. The Bertz CT molecular complexity index is 1610. The maximum Gasteiger partial charge on any atom is 0.469 e. The molecule has 4 aromatic rings. The topological polar surface area (TPSA) is 206 Å². The van der Waals surface area contributed by atoms with Crippen molar-refractivity contribution in [3.8, 4) is 0 Å². The van der Waals surface area contributed by atoms with Crippen LogP contribution >= 0.6 is 7.82 Å². The van der Waals surface area contributed by atoms with Crippen LogP contribution < -0.4 is 16.2 Å². The van der Waals surface area contributed by atoms with Crippen LogP contribution in [0, 0.1) is 0 Å². The van der Waals surface area contributed by atoms with Crippen LogP contribution in [0.5, 0.6) is 0 Å². The number of aromatic amines is 1. The number of hydrogen-bond donors (Lipinski definition) is 5. The number of phosphoric acid groups is 1. The number of H-pyrrole nitrogens is 1. The summed E-state index contributed by atoms with van der Waals surface area (Å²) >= 11 is 0. The van der Waals surface area contributed by atoms with Crippen molar-refractivity contribution in [1.29, 1.82) is 0 Å². The van der Waals surface area contributed by atoms with Gasteiger partial charge in [0.1, 0.15) is 12.3 Å². The number of anilines is 3. The smallest absolute Gasteiger partial charge is 0.390 e. The zero-order valence-corrected chi connectivity index (χ0v) is 20.3. The van der Waals surface area contributed by atoms with Gasteiger partial charge in [-0.05, 0) is 22.9 Å². The summed E-state index contributed by atoms with van der Waals surface area (Å²) in [4.78, 5) is 55.9. The van der Waals surface area contributed by atoms with Crippen molar-refractivity contribution in [3.05, 3.63) is 52.8 Å². The lowest BCUT2D eigenvalue weighted by Gasteiger charge is -2.24. The largest absolute Gasteiger partial charge is 0.469 e. The molecule has 1 amide bonds. The Labute approximate surface area is 208 Å². The van der Waals surface area contributed by atoms with Gasteiger partial charge in [0.2, 0.25) is 17.8 Å². The lowest BCUT2D eigenvalue weighted by Crippen LogP contribution is -2.28. The van der Waals surface area contributed by atoms with Gasteiger partial charge in [0.15, 0.2) is 11.2 Å². The molecule has 0 spiro atoms. The van der Waals surface area contributed by atoms with Crippen molar-refractivity contribution in [2.75, 3.05) is 17.2 Å². The number of ether oxygens (including phenoxy) is 1. The normalized spacial score (nSPS) is 20.1. The number of rotatable bonds is 6. The van der Waals surface area contributed by atoms with Crippen LogP contribution in [0.4, 0.5) is 17.6 Å². The minimum Gasteiger partial charge on any atom is -0.390 e. The van der Waals surface area contributed by atoms with Crippen molar-refractivity contribution in [2.45, 2.75) is 31.8 Å². The third-order valence-corrected chi connectivity index (χ3v) is 6.44. The number of carbonyl (C=O) groups is 1. The molecule has 194 valence electrons. The molecule has 6 N–H and O–H groups in total. The first-order chi connectivity index (χ1) is 17.5. The van der Waals surface area contributed by atoms with Gasteiger partial charge in [0.05, 0.1) is 18.4 Å². The number of nitrogens with zero attached hydrogens (tertiary/aromatic N) is 4. The number of nitrogens with one attached hydrogen (secondary N) is 1. The quantitative estimate of drug-likeness (QED) is 0.225. The van der Waals surface area contributed by atoms with Crippen LogP contribution in [0.1, 0.15) is 19.6 Å². The van der Waals surface area contributed by atoms with E-state index in [4.69, 9.17) is 20.3 Å². The number of aromatic nitrogens is 4. The molecule has 3 atom stereocenters. The molecule has 3 heterocycles. The van der Waals surface area contributed by atoms with E-state index in [-0.39, 0.29) is 29.5 Å². The first-order valence-corrected chi connectivity index (χ1v) is 12.7. The molecule has 1 fully saturated rings. The Morgan fingerprint density at radius 2 is 2.00 bits per heavy atom. The number of amides is 1.